The number of nitro groups is 2. The van der Waals surface area contributed by atoms with Crippen LogP contribution in [-0.2, 0) is 31.9 Å². The Morgan fingerprint density at radius 3 is 1.33 bits per heavy atom. The van der Waals surface area contributed by atoms with Crippen LogP contribution in [0.2, 0.25) is 0 Å². The number of esters is 2. The highest BCUT2D eigenvalue weighted by atomic mass is 16.6. The first-order valence-corrected chi connectivity index (χ1v) is 19.8. The van der Waals surface area contributed by atoms with Crippen LogP contribution in [0.1, 0.15) is 67.2 Å². The zero-order chi connectivity index (χ0) is 43.7. The molecule has 0 heterocycles. The van der Waals surface area contributed by atoms with Gasteiger partial charge in [-0.05, 0) is 86.3 Å². The molecule has 0 bridgehead atoms. The molecule has 0 aliphatic carbocycles. The average molecular weight is 831 g/mol. The van der Waals surface area contributed by atoms with Crippen LogP contribution in [0.15, 0.2) is 105 Å². The number of nitrogens with zero attached hydrogens (tertiary/aromatic N) is 8. The summed E-state index contributed by atoms with van der Waals surface area (Å²) in [5.41, 5.74) is 3.56. The number of nitriles is 2. The Hall–Kier alpha value is -7.28. The van der Waals surface area contributed by atoms with Crippen molar-refractivity contribution >= 4 is 46.1 Å². The molecule has 18 heteroatoms. The van der Waals surface area contributed by atoms with Crippen LogP contribution in [0.4, 0.5) is 34.1 Å². The first-order chi connectivity index (χ1) is 29.6. The van der Waals surface area contributed by atoms with E-state index in [0.29, 0.717) is 50.4 Å². The lowest BCUT2D eigenvalue weighted by Gasteiger charge is -2.08. The van der Waals surface area contributed by atoms with Gasteiger partial charge in [0.1, 0.15) is 36.7 Å². The van der Waals surface area contributed by atoms with Gasteiger partial charge >= 0.3 is 11.9 Å². The van der Waals surface area contributed by atoms with Crippen LogP contribution in [0.5, 0.6) is 0 Å². The highest BCUT2D eigenvalue weighted by molar-refractivity contribution is 5.69. The molecule has 0 saturated heterocycles. The third-order valence-electron chi connectivity index (χ3n) is 9.07. The van der Waals surface area contributed by atoms with Crippen molar-refractivity contribution in [3.8, 4) is 12.1 Å². The molecule has 61 heavy (non-hydrogen) atoms. The van der Waals surface area contributed by atoms with Crippen molar-refractivity contribution in [2.75, 3.05) is 39.4 Å². The molecule has 2 N–H and O–H groups in total. The van der Waals surface area contributed by atoms with Crippen molar-refractivity contribution in [3.63, 3.8) is 0 Å². The molecule has 0 spiro atoms. The Kier molecular flexibility index (Phi) is 19.7. The standard InChI is InChI=1S/C43H46N10O8/c44-30-34-28-38(52(56)57)16-18-40(34)50-48-36-12-8-32(9-13-36)20-22-46-24-26-60-42(54)6-4-2-1-3-5-7-43(55)61-27-25-47-23-21-33-10-14-37(15-11-33)49-51-41-19-17-39(53(58)59)29-35(41)31-45/h8-19,28-29,46-47H,1-7,20-27H2. The summed E-state index contributed by atoms with van der Waals surface area (Å²) in [6.07, 6.45) is 6.35. The van der Waals surface area contributed by atoms with Crippen LogP contribution in [0, 0.1) is 42.9 Å². The van der Waals surface area contributed by atoms with Crippen LogP contribution in [-0.4, -0.2) is 61.2 Å². The van der Waals surface area contributed by atoms with Crippen molar-refractivity contribution in [2.45, 2.75) is 57.8 Å². The van der Waals surface area contributed by atoms with E-state index in [9.17, 15) is 40.3 Å². The minimum atomic E-state index is -0.571. The fourth-order valence-electron chi connectivity index (χ4n) is 5.71. The average Bonchev–Trinajstić information content (AvgIpc) is 3.27. The summed E-state index contributed by atoms with van der Waals surface area (Å²) in [5.74, 6) is -0.454. The Labute approximate surface area is 352 Å². The zero-order valence-corrected chi connectivity index (χ0v) is 33.5. The number of hydrogen-bond acceptors (Lipinski definition) is 16. The van der Waals surface area contributed by atoms with Gasteiger partial charge in [-0.3, -0.25) is 29.8 Å². The van der Waals surface area contributed by atoms with Gasteiger partial charge in [-0.2, -0.15) is 20.8 Å². The first kappa shape index (κ1) is 46.4. The molecule has 0 aliphatic heterocycles. The second-order valence-electron chi connectivity index (χ2n) is 13.6. The number of benzene rings is 4. The number of non-ortho nitro benzene ring substituents is 2. The number of carbonyl (C=O) groups excluding carboxylic acids is 2. The summed E-state index contributed by atoms with van der Waals surface area (Å²) in [5, 5.41) is 63.2. The Morgan fingerprint density at radius 2 is 0.951 bits per heavy atom. The van der Waals surface area contributed by atoms with Crippen LogP contribution in [0.25, 0.3) is 0 Å². The molecular formula is C43H46N10O8. The van der Waals surface area contributed by atoms with E-state index >= 15 is 0 Å². The summed E-state index contributed by atoms with van der Waals surface area (Å²) in [7, 11) is 0. The van der Waals surface area contributed by atoms with Crippen LogP contribution < -0.4 is 10.6 Å². The largest absolute Gasteiger partial charge is 0.464 e. The first-order valence-electron chi connectivity index (χ1n) is 19.8. The predicted octanol–water partition coefficient (Wildman–Crippen LogP) is 8.86. The number of carbonyl (C=O) groups is 2. The van der Waals surface area contributed by atoms with Crippen molar-refractivity contribution in [3.05, 3.63) is 127 Å². The molecule has 316 valence electrons. The summed E-state index contributed by atoms with van der Waals surface area (Å²) in [6, 6.07) is 26.3. The highest BCUT2D eigenvalue weighted by Crippen LogP contribution is 2.27. The van der Waals surface area contributed by atoms with Gasteiger partial charge in [-0.1, -0.05) is 43.5 Å². The summed E-state index contributed by atoms with van der Waals surface area (Å²) >= 11 is 0. The molecule has 0 fully saturated rings. The Morgan fingerprint density at radius 1 is 0.557 bits per heavy atom. The summed E-state index contributed by atoms with van der Waals surface area (Å²) < 4.78 is 10.6. The van der Waals surface area contributed by atoms with E-state index < -0.39 is 9.85 Å². The maximum Gasteiger partial charge on any atom is 0.305 e. The number of unbranched alkanes of at least 4 members (excludes halogenated alkanes) is 4. The van der Waals surface area contributed by atoms with E-state index in [4.69, 9.17) is 9.47 Å². The molecule has 0 aliphatic rings. The summed E-state index contributed by atoms with van der Waals surface area (Å²) in [4.78, 5) is 44.8. The molecular weight excluding hydrogens is 785 g/mol. The number of ether oxygens (including phenoxy) is 2. The van der Waals surface area contributed by atoms with E-state index in [2.05, 4.69) is 31.1 Å². The normalized spacial score (nSPS) is 11.0. The van der Waals surface area contributed by atoms with E-state index in [0.717, 1.165) is 68.2 Å². The van der Waals surface area contributed by atoms with E-state index in [1.807, 2.05) is 36.4 Å². The minimum Gasteiger partial charge on any atom is -0.464 e. The van der Waals surface area contributed by atoms with Gasteiger partial charge in [0, 0.05) is 50.2 Å². The van der Waals surface area contributed by atoms with Gasteiger partial charge in [0.05, 0.1) is 32.3 Å². The smallest absolute Gasteiger partial charge is 0.305 e. The van der Waals surface area contributed by atoms with Crippen molar-refractivity contribution < 1.29 is 28.9 Å². The monoisotopic (exact) mass is 830 g/mol. The summed E-state index contributed by atoms with van der Waals surface area (Å²) in [6.45, 7) is 3.03. The fourth-order valence-corrected chi connectivity index (χ4v) is 5.71. The lowest BCUT2D eigenvalue weighted by atomic mass is 10.1. The maximum atomic E-state index is 12.1. The van der Waals surface area contributed by atoms with Gasteiger partial charge in [0.2, 0.25) is 0 Å². The zero-order valence-electron chi connectivity index (χ0n) is 33.5. The second-order valence-corrected chi connectivity index (χ2v) is 13.6. The highest BCUT2D eigenvalue weighted by Gasteiger charge is 2.12. The quantitative estimate of drug-likeness (QED) is 0.0198. The van der Waals surface area contributed by atoms with Gasteiger partial charge < -0.3 is 20.1 Å². The molecule has 4 aromatic rings. The molecule has 0 atom stereocenters. The number of hydrogen-bond donors (Lipinski definition) is 2. The van der Waals surface area contributed by atoms with E-state index in [1.54, 1.807) is 24.3 Å². The fraction of sp³-hybridized carbons (Fsp3) is 0.349. The van der Waals surface area contributed by atoms with Crippen LogP contribution >= 0.6 is 0 Å². The van der Waals surface area contributed by atoms with Gasteiger partial charge in [0.15, 0.2) is 0 Å². The molecule has 18 nitrogen and oxygen atoms in total. The van der Waals surface area contributed by atoms with Gasteiger partial charge in [-0.15, -0.1) is 10.2 Å². The molecule has 0 unspecified atom stereocenters. The van der Waals surface area contributed by atoms with Crippen molar-refractivity contribution in [1.29, 1.82) is 10.5 Å². The molecule has 0 aromatic heterocycles. The molecule has 0 radical (unpaired) electrons. The predicted molar refractivity (Wildman–Crippen MR) is 224 cm³/mol. The van der Waals surface area contributed by atoms with E-state index in [1.165, 1.54) is 24.3 Å². The molecule has 0 saturated carbocycles. The van der Waals surface area contributed by atoms with Gasteiger partial charge in [-0.25, -0.2) is 0 Å². The topological polar surface area (TPSA) is 260 Å². The lowest BCUT2D eigenvalue weighted by molar-refractivity contribution is -0.385. The molecule has 4 rings (SSSR count). The van der Waals surface area contributed by atoms with Crippen molar-refractivity contribution in [1.82, 2.24) is 10.6 Å². The Bertz CT molecular complexity index is 2080. The van der Waals surface area contributed by atoms with E-state index in [-0.39, 0.29) is 59.0 Å². The van der Waals surface area contributed by atoms with Crippen molar-refractivity contribution in [2.24, 2.45) is 20.5 Å². The third-order valence-corrected chi connectivity index (χ3v) is 9.07. The third kappa shape index (κ3) is 17.2. The minimum absolute atomic E-state index is 0.0697. The number of nitro benzene ring substituents is 2. The van der Waals surface area contributed by atoms with Crippen LogP contribution in [0.3, 0.4) is 0 Å². The second kappa shape index (κ2) is 25.9. The molecule has 0 amide bonds. The Balaban J connectivity index is 0.937. The number of rotatable bonds is 26. The lowest BCUT2D eigenvalue weighted by Crippen LogP contribution is -2.23. The number of azo groups is 2. The van der Waals surface area contributed by atoms with Gasteiger partial charge in [0.25, 0.3) is 11.4 Å². The SMILES string of the molecule is N#Cc1cc([N+](=O)[O-])ccc1N=Nc1ccc(CCNCCOC(=O)CCCCCCCC(=O)OCCNCCc2ccc(N=Nc3ccc([N+](=O)[O-])cc3C#N)cc2)cc1. The number of nitrogens with one attached hydrogen (secondary N) is 2. The molecule has 4 aromatic carbocycles. The maximum absolute atomic E-state index is 12.1.